The Morgan fingerprint density at radius 2 is 1.71 bits per heavy atom. The second kappa shape index (κ2) is 9.22. The molecule has 1 aliphatic heterocycles. The molecule has 5 heteroatoms. The number of methoxy groups -OCH3 is 1. The number of halogens is 1. The van der Waals surface area contributed by atoms with Gasteiger partial charge in [0.25, 0.3) is 5.91 Å². The van der Waals surface area contributed by atoms with Gasteiger partial charge in [0.15, 0.2) is 6.10 Å². The largest absolute Gasteiger partial charge is 0.497 e. The van der Waals surface area contributed by atoms with E-state index in [4.69, 9.17) is 21.1 Å². The molecule has 0 radical (unpaired) electrons. The molecule has 1 amide bonds. The molecule has 4 nitrogen and oxygen atoms in total. The van der Waals surface area contributed by atoms with Crippen molar-refractivity contribution in [3.63, 3.8) is 0 Å². The molecule has 0 bridgehead atoms. The van der Waals surface area contributed by atoms with E-state index in [1.807, 2.05) is 53.4 Å². The van der Waals surface area contributed by atoms with Crippen LogP contribution in [0.4, 0.5) is 5.69 Å². The first-order valence-electron chi connectivity index (χ1n) is 11.3. The van der Waals surface area contributed by atoms with E-state index in [9.17, 15) is 4.79 Å². The smallest absolute Gasteiger partial charge is 0.259 e. The maximum absolute atomic E-state index is 13.3. The zero-order valence-corrected chi connectivity index (χ0v) is 19.5. The molecule has 4 rings (SSSR count). The van der Waals surface area contributed by atoms with Crippen LogP contribution in [-0.2, 0) is 9.53 Å². The van der Waals surface area contributed by atoms with E-state index >= 15 is 0 Å². The molecule has 1 saturated heterocycles. The van der Waals surface area contributed by atoms with Crippen LogP contribution in [0.2, 0.25) is 5.02 Å². The number of rotatable bonds is 6. The van der Waals surface area contributed by atoms with Gasteiger partial charge in [-0.25, -0.2) is 0 Å². The van der Waals surface area contributed by atoms with Crippen molar-refractivity contribution in [2.45, 2.75) is 58.3 Å². The van der Waals surface area contributed by atoms with E-state index in [-0.39, 0.29) is 18.1 Å². The number of hydrogen-bond acceptors (Lipinski definition) is 3. The number of amides is 1. The summed E-state index contributed by atoms with van der Waals surface area (Å²) < 4.78 is 11.9. The maximum Gasteiger partial charge on any atom is 0.259 e. The summed E-state index contributed by atoms with van der Waals surface area (Å²) in [5, 5.41) is 0.684. The summed E-state index contributed by atoms with van der Waals surface area (Å²) in [5.41, 5.74) is 1.89. The molecule has 1 aliphatic carbocycles. The van der Waals surface area contributed by atoms with Crippen molar-refractivity contribution in [1.29, 1.82) is 0 Å². The van der Waals surface area contributed by atoms with Crippen molar-refractivity contribution in [2.24, 2.45) is 17.8 Å². The number of carbonyl (C=O) groups is 1. The number of benzene rings is 2. The summed E-state index contributed by atoms with van der Waals surface area (Å²) in [6.45, 7) is 6.82. The number of nitrogens with zero attached hydrogens (tertiary/aromatic N) is 1. The Hall–Kier alpha value is -2.04. The van der Waals surface area contributed by atoms with Crippen LogP contribution in [0.5, 0.6) is 5.75 Å². The van der Waals surface area contributed by atoms with Crippen molar-refractivity contribution in [2.75, 3.05) is 12.0 Å². The standard InChI is InChI=1S/C26H32ClNO3/c1-16(2)22-14-5-17(3)15-23(22)31-25-24(18-6-8-19(27)9-7-18)28(26(25)29)20-10-12-21(30-4)13-11-20/h6-13,16-17,22-25H,5,14-15H2,1-4H3/t17-,22+,23-,24-,25+/m1/s1. The predicted molar refractivity (Wildman–Crippen MR) is 125 cm³/mol. The number of hydrogen-bond donors (Lipinski definition) is 0. The van der Waals surface area contributed by atoms with Crippen LogP contribution < -0.4 is 9.64 Å². The van der Waals surface area contributed by atoms with Gasteiger partial charge in [-0.3, -0.25) is 9.69 Å². The molecule has 2 fully saturated rings. The van der Waals surface area contributed by atoms with E-state index in [1.165, 1.54) is 6.42 Å². The molecule has 0 aromatic heterocycles. The lowest BCUT2D eigenvalue weighted by Gasteiger charge is -2.50. The fraction of sp³-hybridized carbons (Fsp3) is 0.500. The molecule has 0 N–H and O–H groups in total. The molecule has 1 heterocycles. The van der Waals surface area contributed by atoms with E-state index in [1.54, 1.807) is 7.11 Å². The van der Waals surface area contributed by atoms with Gasteiger partial charge in [0, 0.05) is 10.7 Å². The summed E-state index contributed by atoms with van der Waals surface area (Å²) >= 11 is 6.13. The van der Waals surface area contributed by atoms with Crippen LogP contribution in [0.25, 0.3) is 0 Å². The highest BCUT2D eigenvalue weighted by atomic mass is 35.5. The first-order valence-corrected chi connectivity index (χ1v) is 11.6. The van der Waals surface area contributed by atoms with Crippen molar-refractivity contribution in [1.82, 2.24) is 0 Å². The first kappa shape index (κ1) is 22.2. The van der Waals surface area contributed by atoms with E-state index in [0.717, 1.165) is 29.8 Å². The molecule has 2 aliphatic rings. The lowest BCUT2D eigenvalue weighted by atomic mass is 9.75. The normalized spacial score (nSPS) is 28.5. The Labute approximate surface area is 190 Å². The lowest BCUT2D eigenvalue weighted by molar-refractivity contribution is -0.157. The molecule has 31 heavy (non-hydrogen) atoms. The minimum absolute atomic E-state index is 0.0193. The molecule has 166 valence electrons. The van der Waals surface area contributed by atoms with Crippen LogP contribution in [0, 0.1) is 17.8 Å². The second-order valence-electron chi connectivity index (χ2n) is 9.32. The molecular weight excluding hydrogens is 410 g/mol. The third kappa shape index (κ3) is 4.47. The highest BCUT2D eigenvalue weighted by Gasteiger charge is 2.51. The fourth-order valence-electron chi connectivity index (χ4n) is 5.07. The predicted octanol–water partition coefficient (Wildman–Crippen LogP) is 6.28. The molecule has 2 aromatic carbocycles. The minimum atomic E-state index is -0.472. The van der Waals surface area contributed by atoms with Crippen LogP contribution in [0.15, 0.2) is 48.5 Å². The highest BCUT2D eigenvalue weighted by Crippen LogP contribution is 2.44. The maximum atomic E-state index is 13.3. The quantitative estimate of drug-likeness (QED) is 0.495. The van der Waals surface area contributed by atoms with Gasteiger partial charge in [-0.15, -0.1) is 0 Å². The van der Waals surface area contributed by atoms with Gasteiger partial charge in [-0.1, -0.05) is 50.9 Å². The van der Waals surface area contributed by atoms with Gasteiger partial charge in [0.2, 0.25) is 0 Å². The fourth-order valence-corrected chi connectivity index (χ4v) is 5.20. The van der Waals surface area contributed by atoms with Gasteiger partial charge in [0.1, 0.15) is 5.75 Å². The van der Waals surface area contributed by atoms with Crippen LogP contribution in [-0.4, -0.2) is 25.2 Å². The average molecular weight is 442 g/mol. The average Bonchev–Trinajstić information content (AvgIpc) is 2.76. The van der Waals surface area contributed by atoms with Gasteiger partial charge in [-0.05, 0) is 72.6 Å². The number of carbonyl (C=O) groups excluding carboxylic acids is 1. The molecular formula is C26H32ClNO3. The topological polar surface area (TPSA) is 38.8 Å². The molecule has 0 unspecified atom stereocenters. The minimum Gasteiger partial charge on any atom is -0.497 e. The van der Waals surface area contributed by atoms with Crippen LogP contribution in [0.1, 0.15) is 51.6 Å². The van der Waals surface area contributed by atoms with Gasteiger partial charge in [-0.2, -0.15) is 0 Å². The summed E-state index contributed by atoms with van der Waals surface area (Å²) in [6.07, 6.45) is 3.06. The van der Waals surface area contributed by atoms with Gasteiger partial charge in [0.05, 0.1) is 19.3 Å². The zero-order chi connectivity index (χ0) is 22.1. The van der Waals surface area contributed by atoms with E-state index < -0.39 is 6.10 Å². The number of β-lactam (4-membered cyclic amide) rings is 1. The lowest BCUT2D eigenvalue weighted by Crippen LogP contribution is -2.61. The molecule has 1 saturated carbocycles. The van der Waals surface area contributed by atoms with Crippen molar-refractivity contribution >= 4 is 23.2 Å². The Balaban J connectivity index is 1.62. The Bertz CT molecular complexity index is 896. The summed E-state index contributed by atoms with van der Waals surface area (Å²) in [4.78, 5) is 15.2. The molecule has 0 spiro atoms. The first-order chi connectivity index (χ1) is 14.9. The Morgan fingerprint density at radius 1 is 1.03 bits per heavy atom. The third-order valence-electron chi connectivity index (χ3n) is 6.89. The number of anilines is 1. The Kier molecular flexibility index (Phi) is 6.59. The zero-order valence-electron chi connectivity index (χ0n) is 18.8. The van der Waals surface area contributed by atoms with Gasteiger partial charge < -0.3 is 9.47 Å². The van der Waals surface area contributed by atoms with Crippen molar-refractivity contribution in [3.05, 3.63) is 59.1 Å². The van der Waals surface area contributed by atoms with E-state index in [0.29, 0.717) is 22.8 Å². The molecule has 5 atom stereocenters. The SMILES string of the molecule is COc1ccc(N2C(=O)[C@@H](O[C@@H]3C[C@H](C)CC[C@H]3C(C)C)[C@H]2c2ccc(Cl)cc2)cc1. The summed E-state index contributed by atoms with van der Waals surface area (Å²) in [6, 6.07) is 15.2. The second-order valence-corrected chi connectivity index (χ2v) is 9.76. The van der Waals surface area contributed by atoms with Gasteiger partial charge >= 0.3 is 0 Å². The summed E-state index contributed by atoms with van der Waals surface area (Å²) in [5.74, 6) is 2.44. The van der Waals surface area contributed by atoms with Crippen molar-refractivity contribution < 1.29 is 14.3 Å². The highest BCUT2D eigenvalue weighted by molar-refractivity contribution is 6.30. The monoisotopic (exact) mass is 441 g/mol. The van der Waals surface area contributed by atoms with E-state index in [2.05, 4.69) is 20.8 Å². The third-order valence-corrected chi connectivity index (χ3v) is 7.14. The molecule has 2 aromatic rings. The van der Waals surface area contributed by atoms with Crippen LogP contribution in [0.3, 0.4) is 0 Å². The number of ether oxygens (including phenoxy) is 2. The van der Waals surface area contributed by atoms with Crippen LogP contribution >= 0.6 is 11.6 Å². The Morgan fingerprint density at radius 3 is 2.32 bits per heavy atom. The van der Waals surface area contributed by atoms with Crippen molar-refractivity contribution in [3.8, 4) is 5.75 Å². The summed E-state index contributed by atoms with van der Waals surface area (Å²) in [7, 11) is 1.64.